The maximum atomic E-state index is 5.35. The van der Waals surface area contributed by atoms with Gasteiger partial charge in [-0.05, 0) is 45.5 Å². The highest BCUT2D eigenvalue weighted by molar-refractivity contribution is 6.10. The Morgan fingerprint density at radius 3 is 2.20 bits per heavy atom. The van der Waals surface area contributed by atoms with Crippen molar-refractivity contribution in [2.24, 2.45) is 0 Å². The fraction of sp³-hybridized carbons (Fsp3) is 0.0526. The first-order valence-corrected chi connectivity index (χ1v) is 6.75. The lowest BCUT2D eigenvalue weighted by Crippen LogP contribution is -1.89. The third-order valence-corrected chi connectivity index (χ3v) is 3.95. The Bertz CT molecular complexity index is 791. The molecule has 0 heterocycles. The molecule has 0 N–H and O–H groups in total. The number of hydrogen-bond donors (Lipinski definition) is 0. The van der Waals surface area contributed by atoms with E-state index in [2.05, 4.69) is 60.7 Å². The van der Waals surface area contributed by atoms with E-state index in [0.717, 1.165) is 5.75 Å². The van der Waals surface area contributed by atoms with Crippen LogP contribution in [0.5, 0.6) is 5.75 Å². The molecule has 0 saturated heterocycles. The quantitative estimate of drug-likeness (QED) is 0.723. The minimum atomic E-state index is 0.904. The summed E-state index contributed by atoms with van der Waals surface area (Å²) in [6.45, 7) is 0. The van der Waals surface area contributed by atoms with Crippen molar-refractivity contribution in [2.45, 2.75) is 0 Å². The van der Waals surface area contributed by atoms with Gasteiger partial charge in [0.05, 0.1) is 7.11 Å². The molecule has 0 aromatic heterocycles. The molecule has 2 aliphatic carbocycles. The Morgan fingerprint density at radius 1 is 0.700 bits per heavy atom. The van der Waals surface area contributed by atoms with Crippen molar-refractivity contribution >= 4 is 23.3 Å². The van der Waals surface area contributed by atoms with Crippen molar-refractivity contribution in [2.75, 3.05) is 7.11 Å². The fourth-order valence-corrected chi connectivity index (χ4v) is 2.92. The van der Waals surface area contributed by atoms with E-state index >= 15 is 0 Å². The van der Waals surface area contributed by atoms with Crippen molar-refractivity contribution in [3.05, 3.63) is 76.9 Å². The van der Waals surface area contributed by atoms with Crippen LogP contribution in [0.1, 0.15) is 22.3 Å². The summed E-state index contributed by atoms with van der Waals surface area (Å²) >= 11 is 0. The van der Waals surface area contributed by atoms with E-state index in [0.29, 0.717) is 0 Å². The summed E-state index contributed by atoms with van der Waals surface area (Å²) in [5.74, 6) is 0.904. The third kappa shape index (κ3) is 1.56. The van der Waals surface area contributed by atoms with Crippen LogP contribution in [0, 0.1) is 0 Å². The second-order valence-electron chi connectivity index (χ2n) is 5.03. The normalized spacial score (nSPS) is 18.2. The first-order valence-electron chi connectivity index (χ1n) is 6.75. The standard InChI is InChI=1S/C19H14O/c1-20-15-9-6-14-8-11-18(19(14)12-15)17-10-7-13-4-2-3-5-16(13)17/h2-12H,1H3. The molecule has 0 unspecified atom stereocenters. The number of methoxy groups -OCH3 is 1. The predicted octanol–water partition coefficient (Wildman–Crippen LogP) is 4.66. The summed E-state index contributed by atoms with van der Waals surface area (Å²) in [6, 6.07) is 14.8. The number of benzene rings is 2. The Morgan fingerprint density at radius 2 is 1.40 bits per heavy atom. The lowest BCUT2D eigenvalue weighted by Gasteiger charge is -2.09. The van der Waals surface area contributed by atoms with Crippen molar-refractivity contribution in [3.63, 3.8) is 0 Å². The van der Waals surface area contributed by atoms with Gasteiger partial charge in [0.1, 0.15) is 5.75 Å². The molecule has 0 fully saturated rings. The van der Waals surface area contributed by atoms with E-state index in [4.69, 9.17) is 4.74 Å². The molecule has 1 heteroatoms. The molecule has 1 nitrogen and oxygen atoms in total. The molecule has 96 valence electrons. The molecular formula is C19H14O. The van der Waals surface area contributed by atoms with E-state index in [-0.39, 0.29) is 0 Å². The van der Waals surface area contributed by atoms with Gasteiger partial charge in [-0.25, -0.2) is 0 Å². The van der Waals surface area contributed by atoms with Gasteiger partial charge in [-0.1, -0.05) is 54.6 Å². The molecular weight excluding hydrogens is 244 g/mol. The average Bonchev–Trinajstić information content (AvgIpc) is 3.09. The highest BCUT2D eigenvalue weighted by Crippen LogP contribution is 2.41. The monoisotopic (exact) mass is 258 g/mol. The Kier molecular flexibility index (Phi) is 2.40. The van der Waals surface area contributed by atoms with Crippen LogP contribution in [-0.4, -0.2) is 7.11 Å². The smallest absolute Gasteiger partial charge is 0.119 e. The third-order valence-electron chi connectivity index (χ3n) is 3.95. The lowest BCUT2D eigenvalue weighted by atomic mass is 9.97. The van der Waals surface area contributed by atoms with Gasteiger partial charge in [0.25, 0.3) is 0 Å². The zero-order valence-electron chi connectivity index (χ0n) is 11.3. The molecule has 2 aromatic carbocycles. The summed E-state index contributed by atoms with van der Waals surface area (Å²) < 4.78 is 5.35. The summed E-state index contributed by atoms with van der Waals surface area (Å²) in [6.07, 6.45) is 8.76. The zero-order chi connectivity index (χ0) is 13.5. The highest BCUT2D eigenvalue weighted by atomic mass is 16.5. The van der Waals surface area contributed by atoms with E-state index in [1.807, 2.05) is 6.07 Å². The van der Waals surface area contributed by atoms with Crippen LogP contribution in [0.15, 0.2) is 54.6 Å². The maximum Gasteiger partial charge on any atom is 0.119 e. The molecule has 0 spiro atoms. The van der Waals surface area contributed by atoms with Crippen LogP contribution >= 0.6 is 0 Å². The molecule has 0 amide bonds. The minimum absolute atomic E-state index is 0.904. The lowest BCUT2D eigenvalue weighted by molar-refractivity contribution is 0.414. The largest absolute Gasteiger partial charge is 0.497 e. The van der Waals surface area contributed by atoms with Crippen LogP contribution in [0.4, 0.5) is 0 Å². The molecule has 0 saturated carbocycles. The van der Waals surface area contributed by atoms with E-state index in [9.17, 15) is 0 Å². The Labute approximate surface area is 118 Å². The van der Waals surface area contributed by atoms with Crippen molar-refractivity contribution in [1.82, 2.24) is 0 Å². The van der Waals surface area contributed by atoms with Crippen LogP contribution in [0.25, 0.3) is 23.3 Å². The molecule has 0 aliphatic heterocycles. The summed E-state index contributed by atoms with van der Waals surface area (Å²) in [7, 11) is 1.71. The second kappa shape index (κ2) is 4.24. The number of rotatable bonds is 1. The van der Waals surface area contributed by atoms with Crippen molar-refractivity contribution in [1.29, 1.82) is 0 Å². The van der Waals surface area contributed by atoms with Crippen LogP contribution in [-0.2, 0) is 0 Å². The van der Waals surface area contributed by atoms with E-state index in [1.165, 1.54) is 33.4 Å². The first-order chi connectivity index (χ1) is 9.86. The number of allylic oxidation sites excluding steroid dienone is 4. The predicted molar refractivity (Wildman–Crippen MR) is 84.3 cm³/mol. The molecule has 0 atom stereocenters. The molecule has 20 heavy (non-hydrogen) atoms. The average molecular weight is 258 g/mol. The van der Waals surface area contributed by atoms with Gasteiger partial charge in [0.2, 0.25) is 0 Å². The van der Waals surface area contributed by atoms with Gasteiger partial charge in [-0.2, -0.15) is 0 Å². The Hall–Kier alpha value is -2.54. The summed E-state index contributed by atoms with van der Waals surface area (Å²) in [5.41, 5.74) is 7.68. The minimum Gasteiger partial charge on any atom is -0.497 e. The first kappa shape index (κ1) is 11.3. The fourth-order valence-electron chi connectivity index (χ4n) is 2.92. The maximum absolute atomic E-state index is 5.35. The van der Waals surface area contributed by atoms with E-state index in [1.54, 1.807) is 7.11 Å². The van der Waals surface area contributed by atoms with Gasteiger partial charge in [-0.3, -0.25) is 0 Å². The molecule has 2 aliphatic rings. The molecule has 0 radical (unpaired) electrons. The number of hydrogen-bond acceptors (Lipinski definition) is 1. The highest BCUT2D eigenvalue weighted by Gasteiger charge is 2.19. The molecule has 2 aromatic rings. The zero-order valence-corrected chi connectivity index (χ0v) is 11.3. The van der Waals surface area contributed by atoms with Gasteiger partial charge in [0.15, 0.2) is 0 Å². The SMILES string of the molecule is COc1ccc2c(c1)C(=C1C=Cc3ccccc31)C=C2. The van der Waals surface area contributed by atoms with Gasteiger partial charge in [0, 0.05) is 0 Å². The molecule has 0 bridgehead atoms. The van der Waals surface area contributed by atoms with Gasteiger partial charge < -0.3 is 4.74 Å². The van der Waals surface area contributed by atoms with Crippen LogP contribution < -0.4 is 4.74 Å². The van der Waals surface area contributed by atoms with E-state index < -0.39 is 0 Å². The van der Waals surface area contributed by atoms with Crippen molar-refractivity contribution in [3.8, 4) is 5.75 Å². The van der Waals surface area contributed by atoms with Gasteiger partial charge in [-0.15, -0.1) is 0 Å². The number of fused-ring (bicyclic) bond motifs is 2. The Balaban J connectivity index is 1.94. The van der Waals surface area contributed by atoms with Crippen LogP contribution in [0.3, 0.4) is 0 Å². The summed E-state index contributed by atoms with van der Waals surface area (Å²) in [5, 5.41) is 0. The van der Waals surface area contributed by atoms with Crippen molar-refractivity contribution < 1.29 is 4.74 Å². The second-order valence-corrected chi connectivity index (χ2v) is 5.03. The summed E-state index contributed by atoms with van der Waals surface area (Å²) in [4.78, 5) is 0. The molecule has 4 rings (SSSR count). The topological polar surface area (TPSA) is 9.23 Å². The van der Waals surface area contributed by atoms with Gasteiger partial charge >= 0.3 is 0 Å². The van der Waals surface area contributed by atoms with Crippen LogP contribution in [0.2, 0.25) is 0 Å². The number of ether oxygens (including phenoxy) is 1.